The molecule has 15 heteroatoms. The number of carbonyl (C=O) groups is 6. The average molecular weight is 949 g/mol. The summed E-state index contributed by atoms with van der Waals surface area (Å²) < 4.78 is 11.4. The molecule has 14 nitrogen and oxygen atoms in total. The molecule has 5 aliphatic rings. The van der Waals surface area contributed by atoms with E-state index in [9.17, 15) is 33.9 Å². The van der Waals surface area contributed by atoms with E-state index in [1.54, 1.807) is 24.3 Å². The Morgan fingerprint density at radius 1 is 0.824 bits per heavy atom. The molecule has 0 spiro atoms. The van der Waals surface area contributed by atoms with Crippen LogP contribution < -0.4 is 26.6 Å². The number of aliphatic hydroxyl groups excluding tert-OH is 1. The van der Waals surface area contributed by atoms with E-state index in [-0.39, 0.29) is 55.3 Å². The first kappa shape index (κ1) is 48.6. The summed E-state index contributed by atoms with van der Waals surface area (Å²) in [6, 6.07) is 23.9. The van der Waals surface area contributed by atoms with Crippen molar-refractivity contribution in [1.82, 2.24) is 26.6 Å². The van der Waals surface area contributed by atoms with Crippen LogP contribution in [0.15, 0.2) is 103 Å². The summed E-state index contributed by atoms with van der Waals surface area (Å²) in [4.78, 5) is 75.8. The number of fused-ring (bicyclic) bond motifs is 8. The lowest BCUT2D eigenvalue weighted by molar-refractivity contribution is -0.131. The summed E-state index contributed by atoms with van der Waals surface area (Å²) in [5, 5.41) is 24.7. The monoisotopic (exact) mass is 947 g/mol. The molecule has 5 aliphatic carbocycles. The lowest BCUT2D eigenvalue weighted by atomic mass is 9.46. The first-order valence-corrected chi connectivity index (χ1v) is 24.1. The van der Waals surface area contributed by atoms with Crippen LogP contribution in [0.1, 0.15) is 75.5 Å². The van der Waals surface area contributed by atoms with Crippen LogP contribution in [0.4, 0.5) is 4.79 Å². The van der Waals surface area contributed by atoms with E-state index in [2.05, 4.69) is 47.4 Å². The van der Waals surface area contributed by atoms with Gasteiger partial charge in [-0.05, 0) is 101 Å². The lowest BCUT2D eigenvalue weighted by Gasteiger charge is -2.63. The molecule has 360 valence electrons. The Kier molecular flexibility index (Phi) is 14.6. The van der Waals surface area contributed by atoms with Crippen molar-refractivity contribution < 1.29 is 43.3 Å². The van der Waals surface area contributed by atoms with Gasteiger partial charge in [-0.2, -0.15) is 0 Å². The van der Waals surface area contributed by atoms with Crippen LogP contribution in [-0.4, -0.2) is 97.2 Å². The van der Waals surface area contributed by atoms with Gasteiger partial charge in [0.1, 0.15) is 25.9 Å². The van der Waals surface area contributed by atoms with E-state index in [0.717, 1.165) is 59.1 Å². The highest BCUT2D eigenvalue weighted by Crippen LogP contribution is 2.70. The van der Waals surface area contributed by atoms with E-state index in [1.807, 2.05) is 72.8 Å². The number of amides is 5. The van der Waals surface area contributed by atoms with Crippen LogP contribution in [0.25, 0.3) is 11.1 Å². The predicted molar refractivity (Wildman–Crippen MR) is 256 cm³/mol. The lowest BCUT2D eigenvalue weighted by Crippen LogP contribution is -2.65. The molecule has 3 aromatic rings. The number of hydrogen-bond donors (Lipinski definition) is 6. The number of aliphatic hydroxyl groups is 1. The van der Waals surface area contributed by atoms with E-state index in [1.165, 1.54) is 0 Å². The van der Waals surface area contributed by atoms with Gasteiger partial charge in [0, 0.05) is 24.4 Å². The minimum atomic E-state index is -1.07. The van der Waals surface area contributed by atoms with Gasteiger partial charge in [0.25, 0.3) is 0 Å². The minimum absolute atomic E-state index is 0.0292. The molecule has 0 aliphatic heterocycles. The number of carbonyl (C=O) groups excluding carboxylic acids is 6. The fourth-order valence-electron chi connectivity index (χ4n) is 12.4. The van der Waals surface area contributed by atoms with Crippen molar-refractivity contribution >= 4 is 47.1 Å². The van der Waals surface area contributed by atoms with Crippen LogP contribution in [0, 0.1) is 34.5 Å². The van der Waals surface area contributed by atoms with Gasteiger partial charge in [-0.3, -0.25) is 24.0 Å². The van der Waals surface area contributed by atoms with Gasteiger partial charge >= 0.3 is 6.09 Å². The Morgan fingerprint density at radius 3 is 2.19 bits per heavy atom. The van der Waals surface area contributed by atoms with E-state index < -0.39 is 65.2 Å². The minimum Gasteiger partial charge on any atom is -0.449 e. The van der Waals surface area contributed by atoms with E-state index in [0.29, 0.717) is 24.9 Å². The van der Waals surface area contributed by atoms with Gasteiger partial charge < -0.3 is 41.2 Å². The summed E-state index contributed by atoms with van der Waals surface area (Å²) in [6.07, 6.45) is 7.70. The molecule has 8 rings (SSSR count). The maximum absolute atomic E-state index is 13.4. The zero-order valence-electron chi connectivity index (χ0n) is 38.9. The number of ketones is 1. The third-order valence-electron chi connectivity index (χ3n) is 15.7. The Bertz CT molecular complexity index is 2440. The van der Waals surface area contributed by atoms with Crippen LogP contribution in [0.2, 0.25) is 0 Å². The first-order valence-electron chi connectivity index (χ1n) is 23.7. The molecule has 5 amide bonds. The fraction of sp³-hybridized carbons (Fsp3) is 0.472. The van der Waals surface area contributed by atoms with Crippen molar-refractivity contribution in [2.45, 2.75) is 82.2 Å². The Balaban J connectivity index is 0.753. The van der Waals surface area contributed by atoms with Gasteiger partial charge in [0.05, 0.1) is 24.1 Å². The number of ether oxygens (including phenoxy) is 2. The molecule has 0 bridgehead atoms. The molecule has 0 aromatic heterocycles. The molecule has 3 saturated carbocycles. The Labute approximate surface area is 402 Å². The molecule has 8 unspecified atom stereocenters. The normalized spacial score (nSPS) is 28.0. The predicted octanol–water partition coefficient (Wildman–Crippen LogP) is 5.47. The smallest absolute Gasteiger partial charge is 0.407 e. The summed E-state index contributed by atoms with van der Waals surface area (Å²) in [7, 11) is 0. The summed E-state index contributed by atoms with van der Waals surface area (Å²) >= 11 is 7.60. The van der Waals surface area contributed by atoms with Crippen molar-refractivity contribution in [2.75, 3.05) is 39.6 Å². The number of nitrogens with one attached hydrogen (secondary N) is 5. The maximum Gasteiger partial charge on any atom is 0.407 e. The molecule has 6 N–H and O–H groups in total. The number of alkyl carbamates (subject to hydrolysis) is 1. The van der Waals surface area contributed by atoms with E-state index >= 15 is 0 Å². The van der Waals surface area contributed by atoms with Crippen molar-refractivity contribution in [1.29, 1.82) is 0 Å². The third-order valence-corrected chi connectivity index (χ3v) is 16.6. The molecule has 3 fully saturated rings. The number of alkyl halides is 1. The number of rotatable bonds is 17. The maximum atomic E-state index is 13.4. The quantitative estimate of drug-likeness (QED) is 0.0577. The average Bonchev–Trinajstić information content (AvgIpc) is 3.78. The number of allylic oxidation sites excluding steroid dienone is 4. The van der Waals surface area contributed by atoms with Crippen LogP contribution in [0.5, 0.6) is 0 Å². The second kappa shape index (κ2) is 20.4. The highest BCUT2D eigenvalue weighted by molar-refractivity contribution is 6.26. The summed E-state index contributed by atoms with van der Waals surface area (Å²) in [5.74, 6) is -1.50. The molecular formula is C53H62ClN5O9. The molecule has 0 radical (unpaired) electrons. The molecule has 9 atom stereocenters. The summed E-state index contributed by atoms with van der Waals surface area (Å²) in [5.41, 5.74) is 5.32. The number of halogens is 1. The van der Waals surface area contributed by atoms with Gasteiger partial charge in [-0.15, -0.1) is 11.6 Å². The molecular weight excluding hydrogens is 886 g/mol. The van der Waals surface area contributed by atoms with Gasteiger partial charge in [-0.25, -0.2) is 4.79 Å². The largest absolute Gasteiger partial charge is 0.449 e. The van der Waals surface area contributed by atoms with Gasteiger partial charge in [0.2, 0.25) is 23.6 Å². The van der Waals surface area contributed by atoms with Crippen LogP contribution in [0.3, 0.4) is 0 Å². The SMILES string of the molecule is CC1CC2C3CCC4=CC(=O)C=CC4(C)C3(Cl)C(O)CC2(C)C1CCOCNC(=O)CNC(=O)[C@H](Cc1ccccc1)NC(=O)CNC(=O)CNC(=O)OCC1c2ccccc2-c2ccccc21. The van der Waals surface area contributed by atoms with Crippen LogP contribution in [-0.2, 0) is 39.9 Å². The Morgan fingerprint density at radius 2 is 1.47 bits per heavy atom. The number of benzene rings is 3. The van der Waals surface area contributed by atoms with Crippen molar-refractivity contribution in [3.63, 3.8) is 0 Å². The topological polar surface area (TPSA) is 201 Å². The highest BCUT2D eigenvalue weighted by Gasteiger charge is 2.69. The first-order chi connectivity index (χ1) is 32.6. The molecule has 0 heterocycles. The number of hydrogen-bond acceptors (Lipinski definition) is 9. The van der Waals surface area contributed by atoms with Gasteiger partial charge in [0.15, 0.2) is 5.78 Å². The molecule has 3 aromatic carbocycles. The molecule has 0 saturated heterocycles. The van der Waals surface area contributed by atoms with Crippen LogP contribution >= 0.6 is 11.6 Å². The standard InChI is InChI=1S/C53H62ClN5O9/c1-32-23-43-42-18-17-34-25-35(60)19-21-52(34,3)53(42,54)45(61)26-51(43,2)41(32)20-22-67-31-58-47(63)27-56-49(65)44(24-33-11-5-4-6-12-33)59-48(64)29-55-46(62)28-57-50(66)68-30-40-38-15-9-7-13-36(38)37-14-8-10-16-39(37)40/h4-16,19,21,25,32,40-45,61H,17-18,20,22-24,26-31H2,1-3H3,(H,55,62)(H,56,65)(H,57,66)(H,58,63)(H,59,64)/t32?,41?,42?,43?,44-,45?,51?,52?,53?/m0/s1. The Hall–Kier alpha value is -5.83. The second-order valence-electron chi connectivity index (χ2n) is 19.6. The molecule has 68 heavy (non-hydrogen) atoms. The van der Waals surface area contributed by atoms with Gasteiger partial charge in [-0.1, -0.05) is 111 Å². The summed E-state index contributed by atoms with van der Waals surface area (Å²) in [6.45, 7) is 5.76. The van der Waals surface area contributed by atoms with Crippen molar-refractivity contribution in [3.05, 3.63) is 119 Å². The second-order valence-corrected chi connectivity index (χ2v) is 20.2. The fourth-order valence-corrected chi connectivity index (χ4v) is 12.9. The zero-order valence-corrected chi connectivity index (χ0v) is 39.6. The third kappa shape index (κ3) is 9.73. The van der Waals surface area contributed by atoms with Crippen molar-refractivity contribution in [2.24, 2.45) is 34.5 Å². The zero-order chi connectivity index (χ0) is 48.2. The highest BCUT2D eigenvalue weighted by atomic mass is 35.5. The van der Waals surface area contributed by atoms with E-state index in [4.69, 9.17) is 21.1 Å². The van der Waals surface area contributed by atoms with Crippen molar-refractivity contribution in [3.8, 4) is 11.1 Å².